The van der Waals surface area contributed by atoms with Crippen molar-refractivity contribution in [2.45, 2.75) is 76.4 Å². The Balaban J connectivity index is 0.00000364. The fraction of sp³-hybridized carbons (Fsp3) is 0.632. The van der Waals surface area contributed by atoms with E-state index in [1.807, 2.05) is 39.8 Å². The molecular weight excluding hydrogens is 475 g/mol. The van der Waals surface area contributed by atoms with Gasteiger partial charge in [0, 0.05) is 18.1 Å². The Hall–Kier alpha value is -0.870. The Bertz CT molecular complexity index is 723. The minimum atomic E-state index is -3.59. The summed E-state index contributed by atoms with van der Waals surface area (Å²) in [7, 11) is -3.59. The van der Waals surface area contributed by atoms with Gasteiger partial charge >= 0.3 is 0 Å². The first-order chi connectivity index (χ1) is 12.2. The van der Waals surface area contributed by atoms with Crippen LogP contribution in [0.5, 0.6) is 0 Å². The van der Waals surface area contributed by atoms with E-state index in [0.29, 0.717) is 18.2 Å². The number of guanidine groups is 1. The van der Waals surface area contributed by atoms with E-state index in [4.69, 9.17) is 0 Å². The predicted molar refractivity (Wildman–Crippen MR) is 122 cm³/mol. The highest BCUT2D eigenvalue weighted by atomic mass is 127. The molecule has 0 heterocycles. The standard InChI is InChI=1S/C19H32N4O2S.HI/c1-5-20-18(22-16-11-7-8-12-16)21-14-15-10-6-9-13-17(15)26(24,25)23-19(2,3)4;/h6,9-10,13,16,23H,5,7-8,11-12,14H2,1-4H3,(H2,20,21,22);1H. The molecule has 0 aromatic heterocycles. The molecule has 0 atom stereocenters. The lowest BCUT2D eigenvalue weighted by Gasteiger charge is -2.21. The smallest absolute Gasteiger partial charge is 0.241 e. The molecule has 1 aromatic rings. The molecule has 0 saturated heterocycles. The molecule has 3 N–H and O–H groups in total. The molecule has 0 amide bonds. The van der Waals surface area contributed by atoms with Crippen molar-refractivity contribution in [2.75, 3.05) is 6.54 Å². The zero-order valence-corrected chi connectivity index (χ0v) is 19.9. The van der Waals surface area contributed by atoms with Gasteiger partial charge in [0.05, 0.1) is 11.4 Å². The molecule has 1 aliphatic carbocycles. The van der Waals surface area contributed by atoms with Gasteiger partial charge in [-0.2, -0.15) is 0 Å². The summed E-state index contributed by atoms with van der Waals surface area (Å²) in [5.41, 5.74) is 0.154. The molecule has 0 aliphatic heterocycles. The van der Waals surface area contributed by atoms with Gasteiger partial charge in [-0.25, -0.2) is 18.1 Å². The quantitative estimate of drug-likeness (QED) is 0.313. The number of halogens is 1. The van der Waals surface area contributed by atoms with Crippen LogP contribution in [0.1, 0.15) is 58.9 Å². The average Bonchev–Trinajstić information content (AvgIpc) is 3.04. The number of sulfonamides is 1. The number of benzene rings is 1. The molecule has 27 heavy (non-hydrogen) atoms. The zero-order valence-electron chi connectivity index (χ0n) is 16.7. The highest BCUT2D eigenvalue weighted by Gasteiger charge is 2.24. The van der Waals surface area contributed by atoms with Crippen LogP contribution >= 0.6 is 24.0 Å². The summed E-state index contributed by atoms with van der Waals surface area (Å²) in [6.07, 6.45) is 4.81. The van der Waals surface area contributed by atoms with Crippen LogP contribution in [0.25, 0.3) is 0 Å². The fourth-order valence-electron chi connectivity index (χ4n) is 3.10. The van der Waals surface area contributed by atoms with Gasteiger partial charge in [-0.1, -0.05) is 31.0 Å². The summed E-state index contributed by atoms with van der Waals surface area (Å²) < 4.78 is 28.2. The number of hydrogen-bond donors (Lipinski definition) is 3. The molecular formula is C19H33IN4O2S. The van der Waals surface area contributed by atoms with Gasteiger partial charge < -0.3 is 10.6 Å². The summed E-state index contributed by atoms with van der Waals surface area (Å²) in [5.74, 6) is 0.746. The first-order valence-electron chi connectivity index (χ1n) is 9.38. The van der Waals surface area contributed by atoms with Crippen LogP contribution in [-0.4, -0.2) is 32.5 Å². The van der Waals surface area contributed by atoms with Crippen molar-refractivity contribution < 1.29 is 8.42 Å². The highest BCUT2D eigenvalue weighted by molar-refractivity contribution is 14.0. The van der Waals surface area contributed by atoms with Gasteiger partial charge in [0.25, 0.3) is 0 Å². The van der Waals surface area contributed by atoms with E-state index < -0.39 is 15.6 Å². The first-order valence-corrected chi connectivity index (χ1v) is 10.9. The summed E-state index contributed by atoms with van der Waals surface area (Å²) in [4.78, 5) is 4.91. The zero-order chi connectivity index (χ0) is 19.2. The summed E-state index contributed by atoms with van der Waals surface area (Å²) >= 11 is 0. The predicted octanol–water partition coefficient (Wildman–Crippen LogP) is 3.38. The lowest BCUT2D eigenvalue weighted by molar-refractivity contribution is 0.491. The number of aliphatic imine (C=N–C) groups is 1. The van der Waals surface area contributed by atoms with Gasteiger partial charge in [-0.3, -0.25) is 0 Å². The first kappa shape index (κ1) is 24.2. The molecule has 1 fully saturated rings. The van der Waals surface area contributed by atoms with E-state index in [2.05, 4.69) is 20.3 Å². The summed E-state index contributed by atoms with van der Waals surface area (Å²) in [6.45, 7) is 8.60. The number of rotatable bonds is 6. The van der Waals surface area contributed by atoms with E-state index in [1.54, 1.807) is 12.1 Å². The summed E-state index contributed by atoms with van der Waals surface area (Å²) in [6, 6.07) is 7.50. The highest BCUT2D eigenvalue weighted by Crippen LogP contribution is 2.19. The van der Waals surface area contributed by atoms with Gasteiger partial charge in [0.15, 0.2) is 5.96 Å². The third-order valence-corrected chi connectivity index (χ3v) is 6.01. The number of hydrogen-bond acceptors (Lipinski definition) is 3. The number of nitrogens with one attached hydrogen (secondary N) is 3. The van der Waals surface area contributed by atoms with Gasteiger partial charge in [-0.05, 0) is 52.2 Å². The normalized spacial score (nSPS) is 16.1. The topological polar surface area (TPSA) is 82.6 Å². The Morgan fingerprint density at radius 2 is 1.81 bits per heavy atom. The Kier molecular flexibility index (Phi) is 9.50. The molecule has 8 heteroatoms. The molecule has 1 aromatic carbocycles. The number of nitrogens with zero attached hydrogens (tertiary/aromatic N) is 1. The maximum absolute atomic E-state index is 12.7. The van der Waals surface area contributed by atoms with E-state index in [9.17, 15) is 8.42 Å². The molecule has 0 bridgehead atoms. The maximum Gasteiger partial charge on any atom is 0.241 e. The second-order valence-corrected chi connectivity index (χ2v) is 9.43. The van der Waals surface area contributed by atoms with Crippen molar-refractivity contribution in [3.8, 4) is 0 Å². The van der Waals surface area contributed by atoms with Crippen LogP contribution in [0.3, 0.4) is 0 Å². The van der Waals surface area contributed by atoms with Crippen molar-refractivity contribution in [3.05, 3.63) is 29.8 Å². The van der Waals surface area contributed by atoms with Crippen LogP contribution in [-0.2, 0) is 16.6 Å². The fourth-order valence-corrected chi connectivity index (χ4v) is 4.75. The van der Waals surface area contributed by atoms with Crippen molar-refractivity contribution in [1.82, 2.24) is 15.4 Å². The molecule has 154 valence electrons. The van der Waals surface area contributed by atoms with Crippen LogP contribution < -0.4 is 15.4 Å². The lowest BCUT2D eigenvalue weighted by Crippen LogP contribution is -2.42. The van der Waals surface area contributed by atoms with Crippen molar-refractivity contribution in [2.24, 2.45) is 4.99 Å². The van der Waals surface area contributed by atoms with Crippen LogP contribution in [0.2, 0.25) is 0 Å². The van der Waals surface area contributed by atoms with Gasteiger partial charge in [0.2, 0.25) is 10.0 Å². The molecule has 2 rings (SSSR count). The van der Waals surface area contributed by atoms with Gasteiger partial charge in [0.1, 0.15) is 0 Å². The van der Waals surface area contributed by atoms with E-state index in [0.717, 1.165) is 25.3 Å². The molecule has 1 aliphatic rings. The van der Waals surface area contributed by atoms with E-state index in [-0.39, 0.29) is 28.9 Å². The largest absolute Gasteiger partial charge is 0.357 e. The Labute approximate surface area is 181 Å². The van der Waals surface area contributed by atoms with E-state index >= 15 is 0 Å². The molecule has 0 spiro atoms. The SMILES string of the molecule is CCNC(=NCc1ccccc1S(=O)(=O)NC(C)(C)C)NC1CCCC1.I. The van der Waals surface area contributed by atoms with Gasteiger partial charge in [-0.15, -0.1) is 24.0 Å². The Morgan fingerprint density at radius 3 is 2.41 bits per heavy atom. The van der Waals surface area contributed by atoms with Crippen molar-refractivity contribution >= 4 is 40.0 Å². The molecule has 0 unspecified atom stereocenters. The third-order valence-electron chi connectivity index (χ3n) is 4.15. The van der Waals surface area contributed by atoms with Crippen LogP contribution in [0, 0.1) is 0 Å². The summed E-state index contributed by atoms with van der Waals surface area (Å²) in [5, 5.41) is 6.71. The molecule has 6 nitrogen and oxygen atoms in total. The van der Waals surface area contributed by atoms with Crippen molar-refractivity contribution in [3.63, 3.8) is 0 Å². The monoisotopic (exact) mass is 508 g/mol. The Morgan fingerprint density at radius 1 is 1.19 bits per heavy atom. The molecule has 0 radical (unpaired) electrons. The van der Waals surface area contributed by atoms with Crippen LogP contribution in [0.4, 0.5) is 0 Å². The second kappa shape index (κ2) is 10.6. The van der Waals surface area contributed by atoms with Crippen molar-refractivity contribution in [1.29, 1.82) is 0 Å². The van der Waals surface area contributed by atoms with E-state index in [1.165, 1.54) is 12.8 Å². The average molecular weight is 508 g/mol. The lowest BCUT2D eigenvalue weighted by atomic mass is 10.1. The van der Waals surface area contributed by atoms with Crippen LogP contribution in [0.15, 0.2) is 34.2 Å². The maximum atomic E-state index is 12.7. The minimum absolute atomic E-state index is 0. The minimum Gasteiger partial charge on any atom is -0.357 e. The third kappa shape index (κ3) is 7.95. The molecule has 1 saturated carbocycles. The second-order valence-electron chi connectivity index (χ2n) is 7.78.